The van der Waals surface area contributed by atoms with Gasteiger partial charge in [-0.05, 0) is 86.3 Å². The summed E-state index contributed by atoms with van der Waals surface area (Å²) in [5.41, 5.74) is 1.64. The van der Waals surface area contributed by atoms with Crippen molar-refractivity contribution in [3.63, 3.8) is 0 Å². The first-order chi connectivity index (χ1) is 16.8. The minimum atomic E-state index is -3.92. The smallest absolute Gasteiger partial charge is 0.319 e. The van der Waals surface area contributed by atoms with Crippen LogP contribution >= 0.6 is 0 Å². The van der Waals surface area contributed by atoms with Gasteiger partial charge in [-0.1, -0.05) is 20.3 Å². The van der Waals surface area contributed by atoms with E-state index in [-0.39, 0.29) is 39.9 Å². The lowest BCUT2D eigenvalue weighted by atomic mass is 9.43. The molecule has 2 unspecified atom stereocenters. The van der Waals surface area contributed by atoms with Gasteiger partial charge >= 0.3 is 6.03 Å². The summed E-state index contributed by atoms with van der Waals surface area (Å²) in [6.45, 7) is 4.76. The Hall–Kier alpha value is -2.24. The number of hydrogen-bond acceptors (Lipinski definition) is 5. The van der Waals surface area contributed by atoms with Gasteiger partial charge in [-0.15, -0.1) is 0 Å². The van der Waals surface area contributed by atoms with E-state index in [2.05, 4.69) is 29.2 Å². The van der Waals surface area contributed by atoms with Crippen LogP contribution in [0.1, 0.15) is 78.1 Å². The van der Waals surface area contributed by atoms with E-state index >= 15 is 0 Å². The molecule has 0 saturated heterocycles. The number of anilines is 1. The lowest BCUT2D eigenvalue weighted by molar-refractivity contribution is -0.129. The highest BCUT2D eigenvalue weighted by atomic mass is 32.2. The number of halogens is 1. The molecule has 4 bridgehead atoms. The largest absolute Gasteiger partial charge is 0.332 e. The van der Waals surface area contributed by atoms with Gasteiger partial charge in [0.15, 0.2) is 0 Å². The van der Waals surface area contributed by atoms with Crippen molar-refractivity contribution < 1.29 is 27.6 Å². The van der Waals surface area contributed by atoms with Gasteiger partial charge < -0.3 is 10.6 Å². The van der Waals surface area contributed by atoms with Crippen molar-refractivity contribution in [2.24, 2.45) is 16.7 Å². The molecule has 3 amide bonds. The molecule has 0 heterocycles. The maximum atomic E-state index is 14.8. The van der Waals surface area contributed by atoms with Gasteiger partial charge in [0.05, 0.1) is 10.6 Å². The van der Waals surface area contributed by atoms with Crippen LogP contribution in [0.25, 0.3) is 0 Å². The number of carbonyl (C=O) groups is 2. The normalized spacial score (nSPS) is 30.7. The van der Waals surface area contributed by atoms with Crippen molar-refractivity contribution in [2.45, 2.75) is 88.5 Å². The highest BCUT2D eigenvalue weighted by Gasteiger charge is 2.60. The standard InChI is InChI=1S/C25H37FN4O5S/c1-23-11-17-12-24(2,14-23)16-25(13-17,15-23)29-22(32)28-20-8-7-18(10-19(20)26)36(34,35)27-9-5-3-4-6-21(31)30-33/h7-8,10,17,27,33H,3-6,9,11-16H2,1-2H3,(H,30,31)(H2,28,29,32). The highest BCUT2D eigenvalue weighted by molar-refractivity contribution is 7.89. The summed E-state index contributed by atoms with van der Waals surface area (Å²) >= 11 is 0. The summed E-state index contributed by atoms with van der Waals surface area (Å²) in [7, 11) is -3.92. The Labute approximate surface area is 212 Å². The van der Waals surface area contributed by atoms with Gasteiger partial charge in [0.1, 0.15) is 5.82 Å². The molecule has 4 aliphatic rings. The topological polar surface area (TPSA) is 137 Å². The molecular formula is C25H37FN4O5S. The van der Waals surface area contributed by atoms with Crippen LogP contribution in [0.4, 0.5) is 14.9 Å². The van der Waals surface area contributed by atoms with Gasteiger partial charge in [0.2, 0.25) is 15.9 Å². The second kappa shape index (κ2) is 9.90. The van der Waals surface area contributed by atoms with Gasteiger partial charge in [-0.25, -0.2) is 27.8 Å². The fourth-order valence-corrected chi connectivity index (χ4v) is 8.76. The molecule has 0 spiro atoms. The Morgan fingerprint density at radius 2 is 1.75 bits per heavy atom. The van der Waals surface area contributed by atoms with Crippen LogP contribution in [0.15, 0.2) is 23.1 Å². The van der Waals surface area contributed by atoms with Crippen LogP contribution in [0.2, 0.25) is 0 Å². The fourth-order valence-electron chi connectivity index (χ4n) is 7.68. The number of amides is 3. The first-order valence-electron chi connectivity index (χ1n) is 12.7. The molecule has 1 aromatic rings. The zero-order valence-electron chi connectivity index (χ0n) is 21.0. The number of sulfonamides is 1. The SMILES string of the molecule is CC12CC3CC(C)(C1)CC(NC(=O)Nc1ccc(S(=O)(=O)NCCCCCC(=O)NO)cc1F)(C3)C2. The average molecular weight is 525 g/mol. The Morgan fingerprint density at radius 3 is 2.36 bits per heavy atom. The van der Waals surface area contributed by atoms with Gasteiger partial charge in [-0.3, -0.25) is 10.0 Å². The zero-order chi connectivity index (χ0) is 26.2. The van der Waals surface area contributed by atoms with Crippen molar-refractivity contribution >= 4 is 27.6 Å². The molecule has 2 atom stereocenters. The quantitative estimate of drug-likeness (QED) is 0.179. The van der Waals surface area contributed by atoms with E-state index in [1.54, 1.807) is 5.48 Å². The first kappa shape index (κ1) is 26.8. The van der Waals surface area contributed by atoms with Crippen LogP contribution in [-0.4, -0.2) is 37.6 Å². The van der Waals surface area contributed by atoms with Gasteiger partial charge in [-0.2, -0.15) is 0 Å². The molecule has 1 aromatic carbocycles. The van der Waals surface area contributed by atoms with Crippen LogP contribution in [0.3, 0.4) is 0 Å². The van der Waals surface area contributed by atoms with Crippen molar-refractivity contribution in [3.05, 3.63) is 24.0 Å². The number of hydroxylamine groups is 1. The monoisotopic (exact) mass is 524 g/mol. The number of carbonyl (C=O) groups excluding carboxylic acids is 2. The van der Waals surface area contributed by atoms with E-state index in [1.165, 1.54) is 31.4 Å². The van der Waals surface area contributed by atoms with Crippen molar-refractivity contribution in [1.82, 2.24) is 15.5 Å². The van der Waals surface area contributed by atoms with Crippen molar-refractivity contribution in [2.75, 3.05) is 11.9 Å². The Kier molecular flexibility index (Phi) is 7.38. The summed E-state index contributed by atoms with van der Waals surface area (Å²) in [6, 6.07) is 2.96. The third-order valence-corrected chi connectivity index (χ3v) is 9.46. The molecular weight excluding hydrogens is 487 g/mol. The third kappa shape index (κ3) is 6.00. The van der Waals surface area contributed by atoms with E-state index in [9.17, 15) is 22.4 Å². The maximum Gasteiger partial charge on any atom is 0.319 e. The molecule has 4 saturated carbocycles. The summed E-state index contributed by atoms with van der Waals surface area (Å²) in [5, 5.41) is 14.2. The first-order valence-corrected chi connectivity index (χ1v) is 14.1. The van der Waals surface area contributed by atoms with Crippen LogP contribution in [0.5, 0.6) is 0 Å². The maximum absolute atomic E-state index is 14.8. The minimum Gasteiger partial charge on any atom is -0.332 e. The lowest BCUT2D eigenvalue weighted by Gasteiger charge is -2.65. The van der Waals surface area contributed by atoms with Crippen molar-refractivity contribution in [1.29, 1.82) is 0 Å². The number of nitrogens with one attached hydrogen (secondary N) is 4. The average Bonchev–Trinajstić information content (AvgIpc) is 2.74. The molecule has 9 nitrogen and oxygen atoms in total. The highest BCUT2D eigenvalue weighted by Crippen LogP contribution is 2.66. The zero-order valence-corrected chi connectivity index (χ0v) is 21.8. The third-order valence-electron chi connectivity index (χ3n) is 8.00. The van der Waals surface area contributed by atoms with E-state index in [0.29, 0.717) is 25.2 Å². The number of urea groups is 1. The van der Waals surface area contributed by atoms with E-state index in [4.69, 9.17) is 5.21 Å². The molecule has 200 valence electrons. The lowest BCUT2D eigenvalue weighted by Crippen LogP contribution is -2.65. The molecule has 11 heteroatoms. The molecule has 5 rings (SSSR count). The minimum absolute atomic E-state index is 0.0734. The predicted octanol–water partition coefficient (Wildman–Crippen LogP) is 4.04. The molecule has 0 aromatic heterocycles. The second-order valence-corrected chi connectivity index (χ2v) is 13.6. The molecule has 36 heavy (non-hydrogen) atoms. The van der Waals surface area contributed by atoms with Crippen LogP contribution in [-0.2, 0) is 14.8 Å². The van der Waals surface area contributed by atoms with Gasteiger partial charge in [0, 0.05) is 18.5 Å². The predicted molar refractivity (Wildman–Crippen MR) is 132 cm³/mol. The van der Waals surface area contributed by atoms with E-state index in [1.807, 2.05) is 0 Å². The Bertz CT molecular complexity index is 1110. The number of rotatable bonds is 10. The molecule has 4 aliphatic carbocycles. The summed E-state index contributed by atoms with van der Waals surface area (Å²) in [4.78, 5) is 23.6. The Morgan fingerprint density at radius 1 is 1.06 bits per heavy atom. The molecule has 4 fully saturated rings. The van der Waals surface area contributed by atoms with E-state index < -0.39 is 27.8 Å². The molecule has 0 aliphatic heterocycles. The molecule has 5 N–H and O–H groups in total. The second-order valence-electron chi connectivity index (χ2n) is 11.9. The Balaban J connectivity index is 1.31. The number of hydrogen-bond donors (Lipinski definition) is 5. The molecule has 0 radical (unpaired) electrons. The summed E-state index contributed by atoms with van der Waals surface area (Å²) in [5.74, 6) is -0.715. The summed E-state index contributed by atoms with van der Waals surface area (Å²) < 4.78 is 42.2. The fraction of sp³-hybridized carbons (Fsp3) is 0.680. The van der Waals surface area contributed by atoms with Gasteiger partial charge in [0.25, 0.3) is 0 Å². The van der Waals surface area contributed by atoms with Crippen LogP contribution < -0.4 is 20.8 Å². The number of unbranched alkanes of at least 4 members (excludes halogenated alkanes) is 2. The van der Waals surface area contributed by atoms with Crippen LogP contribution in [0, 0.1) is 22.6 Å². The number of benzene rings is 1. The summed E-state index contributed by atoms with van der Waals surface area (Å²) in [6.07, 6.45) is 8.12. The van der Waals surface area contributed by atoms with E-state index in [0.717, 1.165) is 25.3 Å². The van der Waals surface area contributed by atoms with Crippen molar-refractivity contribution in [3.8, 4) is 0 Å².